The molecule has 3 rings (SSSR count). The van der Waals surface area contributed by atoms with Gasteiger partial charge in [0.1, 0.15) is 10.4 Å². The molecular formula is C20H23ClN2O3S. The molecule has 1 amide bonds. The van der Waals surface area contributed by atoms with Crippen LogP contribution in [-0.4, -0.2) is 35.3 Å². The van der Waals surface area contributed by atoms with Gasteiger partial charge in [0, 0.05) is 24.5 Å². The fraction of sp³-hybridized carbons (Fsp3) is 0.400. The second-order valence-electron chi connectivity index (χ2n) is 6.48. The molecule has 1 aliphatic heterocycles. The van der Waals surface area contributed by atoms with Gasteiger partial charge in [-0.3, -0.25) is 9.69 Å². The largest absolute Gasteiger partial charge is 0.462 e. The summed E-state index contributed by atoms with van der Waals surface area (Å²) in [5, 5.41) is 2.67. The number of hydrogen-bond donors (Lipinski definition) is 1. The number of amides is 1. The average molecular weight is 407 g/mol. The van der Waals surface area contributed by atoms with E-state index in [1.54, 1.807) is 13.8 Å². The third-order valence-electron chi connectivity index (χ3n) is 4.46. The van der Waals surface area contributed by atoms with Crippen molar-refractivity contribution in [1.82, 2.24) is 4.90 Å². The van der Waals surface area contributed by atoms with Crippen molar-refractivity contribution in [1.29, 1.82) is 0 Å². The molecule has 2 heterocycles. The minimum atomic E-state index is -0.672. The first kappa shape index (κ1) is 19.9. The summed E-state index contributed by atoms with van der Waals surface area (Å²) in [5.41, 5.74) is 2.73. The zero-order valence-corrected chi connectivity index (χ0v) is 17.0. The summed E-state index contributed by atoms with van der Waals surface area (Å²) in [5.74, 6) is -0.703. The Morgan fingerprint density at radius 1 is 1.33 bits per heavy atom. The summed E-state index contributed by atoms with van der Waals surface area (Å²) >= 11 is 7.32. The van der Waals surface area contributed by atoms with E-state index in [0.29, 0.717) is 17.2 Å². The summed E-state index contributed by atoms with van der Waals surface area (Å²) in [4.78, 5) is 28.0. The van der Waals surface area contributed by atoms with Crippen molar-refractivity contribution >= 4 is 39.8 Å². The third kappa shape index (κ3) is 4.69. The quantitative estimate of drug-likeness (QED) is 0.580. The van der Waals surface area contributed by atoms with E-state index in [0.717, 1.165) is 36.5 Å². The number of anilines is 1. The Labute approximate surface area is 168 Å². The van der Waals surface area contributed by atoms with Gasteiger partial charge >= 0.3 is 5.97 Å². The molecule has 1 atom stereocenters. The van der Waals surface area contributed by atoms with Crippen LogP contribution >= 0.6 is 22.9 Å². The van der Waals surface area contributed by atoms with Crippen molar-refractivity contribution in [2.75, 3.05) is 18.5 Å². The van der Waals surface area contributed by atoms with Crippen LogP contribution in [0.2, 0.25) is 0 Å². The molecule has 1 unspecified atom stereocenters. The van der Waals surface area contributed by atoms with Crippen LogP contribution in [0, 0.1) is 0 Å². The fourth-order valence-electron chi connectivity index (χ4n) is 3.15. The Bertz CT molecular complexity index is 820. The second-order valence-corrected chi connectivity index (χ2v) is 8.24. The van der Waals surface area contributed by atoms with Crippen LogP contribution in [0.5, 0.6) is 0 Å². The van der Waals surface area contributed by atoms with E-state index in [2.05, 4.69) is 22.3 Å². The van der Waals surface area contributed by atoms with Gasteiger partial charge in [0.2, 0.25) is 5.91 Å². The number of nitrogens with zero attached hydrogens (tertiary/aromatic N) is 1. The highest BCUT2D eigenvalue weighted by molar-refractivity contribution is 7.17. The van der Waals surface area contributed by atoms with E-state index < -0.39 is 5.38 Å². The molecule has 0 radical (unpaired) electrons. The van der Waals surface area contributed by atoms with Gasteiger partial charge in [-0.2, -0.15) is 0 Å². The minimum Gasteiger partial charge on any atom is -0.462 e. The van der Waals surface area contributed by atoms with Gasteiger partial charge < -0.3 is 10.1 Å². The lowest BCUT2D eigenvalue weighted by atomic mass is 10.0. The monoisotopic (exact) mass is 406 g/mol. The van der Waals surface area contributed by atoms with Crippen LogP contribution in [0.3, 0.4) is 0 Å². The topological polar surface area (TPSA) is 58.6 Å². The van der Waals surface area contributed by atoms with Gasteiger partial charge in [-0.25, -0.2) is 4.79 Å². The van der Waals surface area contributed by atoms with Crippen LogP contribution in [0.1, 0.15) is 40.2 Å². The number of halogens is 1. The van der Waals surface area contributed by atoms with Crippen molar-refractivity contribution in [2.45, 2.75) is 38.7 Å². The molecule has 2 aromatic rings. The lowest BCUT2D eigenvalue weighted by Crippen LogP contribution is -2.30. The highest BCUT2D eigenvalue weighted by atomic mass is 35.5. The number of thiophene rings is 1. The predicted octanol–water partition coefficient (Wildman–Crippen LogP) is 4.05. The summed E-state index contributed by atoms with van der Waals surface area (Å²) in [7, 11) is 0. The molecule has 0 saturated carbocycles. The smallest absolute Gasteiger partial charge is 0.341 e. The maximum atomic E-state index is 12.5. The summed E-state index contributed by atoms with van der Waals surface area (Å²) in [6.07, 6.45) is 0.749. The van der Waals surface area contributed by atoms with E-state index in [-0.39, 0.29) is 11.9 Å². The van der Waals surface area contributed by atoms with E-state index >= 15 is 0 Å². The van der Waals surface area contributed by atoms with Gasteiger partial charge in [-0.15, -0.1) is 22.9 Å². The molecule has 1 aromatic heterocycles. The number of alkyl halides is 1. The van der Waals surface area contributed by atoms with Crippen molar-refractivity contribution in [3.8, 4) is 0 Å². The van der Waals surface area contributed by atoms with Gasteiger partial charge in [0.05, 0.1) is 12.2 Å². The van der Waals surface area contributed by atoms with Gasteiger partial charge in [-0.05, 0) is 31.4 Å². The second kappa shape index (κ2) is 8.87. The van der Waals surface area contributed by atoms with Crippen LogP contribution in [0.4, 0.5) is 5.00 Å². The Hall–Kier alpha value is -1.89. The predicted molar refractivity (Wildman–Crippen MR) is 108 cm³/mol. The highest BCUT2D eigenvalue weighted by Crippen LogP contribution is 2.38. The first-order valence-electron chi connectivity index (χ1n) is 9.02. The molecule has 5 nitrogen and oxygen atoms in total. The zero-order valence-electron chi connectivity index (χ0n) is 15.5. The first-order chi connectivity index (χ1) is 13.0. The maximum absolute atomic E-state index is 12.5. The molecule has 1 aliphatic rings. The molecule has 0 bridgehead atoms. The number of rotatable bonds is 6. The number of esters is 1. The minimum absolute atomic E-state index is 0.295. The van der Waals surface area contributed by atoms with E-state index in [9.17, 15) is 9.59 Å². The van der Waals surface area contributed by atoms with Crippen LogP contribution in [-0.2, 0) is 29.0 Å². The SMILES string of the molecule is CCOC(=O)c1c(NC(=O)C(C)Cl)sc2c1CCN(Cc1ccccc1)C2. The number of hydrogen-bond acceptors (Lipinski definition) is 5. The van der Waals surface area contributed by atoms with Crippen molar-refractivity contribution < 1.29 is 14.3 Å². The lowest BCUT2D eigenvalue weighted by molar-refractivity contribution is -0.115. The highest BCUT2D eigenvalue weighted by Gasteiger charge is 2.30. The van der Waals surface area contributed by atoms with E-state index in [4.69, 9.17) is 16.3 Å². The molecule has 0 fully saturated rings. The van der Waals surface area contributed by atoms with Crippen molar-refractivity contribution in [2.24, 2.45) is 0 Å². The summed E-state index contributed by atoms with van der Waals surface area (Å²) in [6, 6.07) is 10.3. The number of fused-ring (bicyclic) bond motifs is 1. The normalized spacial score (nSPS) is 15.1. The standard InChI is InChI=1S/C20H23ClN2O3S/c1-3-26-20(25)17-15-9-10-23(11-14-7-5-4-6-8-14)12-16(15)27-19(17)22-18(24)13(2)21/h4-8,13H,3,9-12H2,1-2H3,(H,22,24). The Kier molecular flexibility index (Phi) is 6.52. The molecule has 0 spiro atoms. The third-order valence-corrected chi connectivity index (χ3v) is 5.79. The number of benzene rings is 1. The Morgan fingerprint density at radius 3 is 2.74 bits per heavy atom. The summed E-state index contributed by atoms with van der Waals surface area (Å²) < 4.78 is 5.23. The molecule has 27 heavy (non-hydrogen) atoms. The fourth-order valence-corrected chi connectivity index (χ4v) is 4.49. The van der Waals surface area contributed by atoms with Gasteiger partial charge in [0.25, 0.3) is 0 Å². The number of ether oxygens (including phenoxy) is 1. The molecular weight excluding hydrogens is 384 g/mol. The van der Waals surface area contributed by atoms with Crippen molar-refractivity contribution in [3.05, 3.63) is 51.9 Å². The van der Waals surface area contributed by atoms with Crippen molar-refractivity contribution in [3.63, 3.8) is 0 Å². The van der Waals surface area contributed by atoms with Gasteiger partial charge in [0.15, 0.2) is 0 Å². The molecule has 1 N–H and O–H groups in total. The van der Waals surface area contributed by atoms with Gasteiger partial charge in [-0.1, -0.05) is 30.3 Å². The molecule has 0 aliphatic carbocycles. The molecule has 0 saturated heterocycles. The molecule has 7 heteroatoms. The van der Waals surface area contributed by atoms with Crippen LogP contribution in [0.25, 0.3) is 0 Å². The maximum Gasteiger partial charge on any atom is 0.341 e. The first-order valence-corrected chi connectivity index (χ1v) is 10.3. The zero-order chi connectivity index (χ0) is 19.4. The van der Waals surface area contributed by atoms with E-state index in [1.165, 1.54) is 16.9 Å². The Morgan fingerprint density at radius 2 is 2.07 bits per heavy atom. The number of carbonyl (C=O) groups excluding carboxylic acids is 2. The van der Waals surface area contributed by atoms with Crippen LogP contribution < -0.4 is 5.32 Å². The number of carbonyl (C=O) groups is 2. The molecule has 144 valence electrons. The lowest BCUT2D eigenvalue weighted by Gasteiger charge is -2.27. The molecule has 1 aromatic carbocycles. The van der Waals surface area contributed by atoms with Crippen LogP contribution in [0.15, 0.2) is 30.3 Å². The summed E-state index contributed by atoms with van der Waals surface area (Å²) in [6.45, 7) is 6.13. The number of nitrogens with one attached hydrogen (secondary N) is 1. The average Bonchev–Trinajstić information content (AvgIpc) is 2.99. The Balaban J connectivity index is 1.85. The van der Waals surface area contributed by atoms with E-state index in [1.807, 2.05) is 18.2 Å².